The van der Waals surface area contributed by atoms with Gasteiger partial charge in [0.2, 0.25) is 0 Å². The standard InChI is InChI=1S/C9H20NO6P/c1-10(2)9-5-7(11)8(16-9)6-15-17(12,13-3)14-4/h7-9,11H,5-6H2,1-4H3/t7?,8-,9-/m1/s1. The molecule has 1 rings (SSSR count). The summed E-state index contributed by atoms with van der Waals surface area (Å²) in [6.45, 7) is -0.0372. The average molecular weight is 269 g/mol. The van der Waals surface area contributed by atoms with Crippen LogP contribution in [0.25, 0.3) is 0 Å². The van der Waals surface area contributed by atoms with Crippen molar-refractivity contribution >= 4 is 7.82 Å². The molecule has 17 heavy (non-hydrogen) atoms. The summed E-state index contributed by atoms with van der Waals surface area (Å²) in [7, 11) is 2.68. The minimum absolute atomic E-state index is 0.0372. The van der Waals surface area contributed by atoms with Gasteiger partial charge in [-0.1, -0.05) is 0 Å². The molecule has 8 heteroatoms. The van der Waals surface area contributed by atoms with Crippen LogP contribution in [0, 0.1) is 0 Å². The summed E-state index contributed by atoms with van der Waals surface area (Å²) in [6.07, 6.45) is -0.848. The number of rotatable bonds is 6. The Labute approximate surface area is 101 Å². The molecule has 1 aliphatic heterocycles. The lowest BCUT2D eigenvalue weighted by molar-refractivity contribution is -0.0636. The number of nitrogens with zero attached hydrogens (tertiary/aromatic N) is 1. The first-order valence-electron chi connectivity index (χ1n) is 5.28. The van der Waals surface area contributed by atoms with Crippen molar-refractivity contribution in [3.8, 4) is 0 Å². The maximum absolute atomic E-state index is 11.6. The molecule has 1 heterocycles. The van der Waals surface area contributed by atoms with E-state index in [0.717, 1.165) is 0 Å². The van der Waals surface area contributed by atoms with Crippen molar-refractivity contribution in [3.63, 3.8) is 0 Å². The fourth-order valence-corrected chi connectivity index (χ4v) is 2.22. The van der Waals surface area contributed by atoms with Crippen molar-refractivity contribution in [2.24, 2.45) is 0 Å². The molecule has 1 unspecified atom stereocenters. The molecule has 7 nitrogen and oxygen atoms in total. The van der Waals surface area contributed by atoms with Gasteiger partial charge >= 0.3 is 7.82 Å². The van der Waals surface area contributed by atoms with Gasteiger partial charge < -0.3 is 9.84 Å². The van der Waals surface area contributed by atoms with Gasteiger partial charge in [-0.3, -0.25) is 18.5 Å². The van der Waals surface area contributed by atoms with E-state index < -0.39 is 20.0 Å². The van der Waals surface area contributed by atoms with Gasteiger partial charge in [0.1, 0.15) is 12.3 Å². The number of aliphatic hydroxyl groups excluding tert-OH is 1. The third-order valence-electron chi connectivity index (χ3n) is 2.62. The molecule has 1 saturated heterocycles. The fraction of sp³-hybridized carbons (Fsp3) is 1.00. The summed E-state index contributed by atoms with van der Waals surface area (Å²) in [5, 5.41) is 9.75. The summed E-state index contributed by atoms with van der Waals surface area (Å²) >= 11 is 0. The maximum Gasteiger partial charge on any atom is 0.474 e. The summed E-state index contributed by atoms with van der Waals surface area (Å²) in [5.74, 6) is 0. The lowest BCUT2D eigenvalue weighted by atomic mass is 10.2. The SMILES string of the molecule is COP(=O)(OC)OC[C@H]1O[C@@H](N(C)C)CC1O. The zero-order valence-corrected chi connectivity index (χ0v) is 11.4. The van der Waals surface area contributed by atoms with Gasteiger partial charge in [0.25, 0.3) is 0 Å². The van der Waals surface area contributed by atoms with Crippen LogP contribution in [0.4, 0.5) is 0 Å². The van der Waals surface area contributed by atoms with Crippen LogP contribution < -0.4 is 0 Å². The summed E-state index contributed by atoms with van der Waals surface area (Å²) in [6, 6.07) is 0. The Bertz CT molecular complexity index is 279. The molecular formula is C9H20NO6P. The van der Waals surface area contributed by atoms with E-state index in [2.05, 4.69) is 9.05 Å². The maximum atomic E-state index is 11.6. The van der Waals surface area contributed by atoms with Crippen LogP contribution in [0.5, 0.6) is 0 Å². The second-order valence-electron chi connectivity index (χ2n) is 4.00. The Kier molecular flexibility index (Phi) is 5.53. The molecule has 0 radical (unpaired) electrons. The number of aliphatic hydroxyl groups is 1. The Morgan fingerprint density at radius 2 is 2.00 bits per heavy atom. The van der Waals surface area contributed by atoms with Gasteiger partial charge in [0, 0.05) is 20.6 Å². The zero-order chi connectivity index (χ0) is 13.1. The third-order valence-corrected chi connectivity index (χ3v) is 3.98. The molecular weight excluding hydrogens is 249 g/mol. The van der Waals surface area contributed by atoms with Crippen molar-refractivity contribution in [3.05, 3.63) is 0 Å². The number of hydrogen-bond donors (Lipinski definition) is 1. The number of hydrogen-bond acceptors (Lipinski definition) is 7. The minimum Gasteiger partial charge on any atom is -0.390 e. The van der Waals surface area contributed by atoms with Crippen LogP contribution in [0.3, 0.4) is 0 Å². The van der Waals surface area contributed by atoms with Gasteiger partial charge in [-0.05, 0) is 14.1 Å². The van der Waals surface area contributed by atoms with Gasteiger partial charge in [0.05, 0.1) is 12.7 Å². The van der Waals surface area contributed by atoms with Crippen LogP contribution >= 0.6 is 7.82 Å². The lowest BCUT2D eigenvalue weighted by Crippen LogP contribution is -2.29. The molecule has 1 N–H and O–H groups in total. The predicted octanol–water partition coefficient (Wildman–Crippen LogP) is 0.441. The molecule has 0 aromatic carbocycles. The first-order valence-corrected chi connectivity index (χ1v) is 6.74. The molecule has 3 atom stereocenters. The average Bonchev–Trinajstić information content (AvgIpc) is 2.68. The lowest BCUT2D eigenvalue weighted by Gasteiger charge is -2.20. The second kappa shape index (κ2) is 6.24. The molecule has 0 aromatic rings. The minimum atomic E-state index is -3.51. The van der Waals surface area contributed by atoms with Crippen molar-refractivity contribution < 1.29 is 28.0 Å². The van der Waals surface area contributed by atoms with Crippen molar-refractivity contribution in [2.75, 3.05) is 34.9 Å². The molecule has 0 bridgehead atoms. The number of phosphoric ester groups is 1. The van der Waals surface area contributed by atoms with Crippen molar-refractivity contribution in [1.82, 2.24) is 4.90 Å². The topological polar surface area (TPSA) is 77.5 Å². The van der Waals surface area contributed by atoms with Crippen LogP contribution in [-0.2, 0) is 22.9 Å². The van der Waals surface area contributed by atoms with E-state index in [1.54, 1.807) is 0 Å². The summed E-state index contributed by atoms with van der Waals surface area (Å²) in [4.78, 5) is 1.86. The molecule has 1 aliphatic rings. The third kappa shape index (κ3) is 3.99. The van der Waals surface area contributed by atoms with E-state index >= 15 is 0 Å². The summed E-state index contributed by atoms with van der Waals surface area (Å²) in [5.41, 5.74) is 0. The first-order chi connectivity index (χ1) is 7.91. The Morgan fingerprint density at radius 1 is 1.41 bits per heavy atom. The van der Waals surface area contributed by atoms with Gasteiger partial charge in [0.15, 0.2) is 0 Å². The smallest absolute Gasteiger partial charge is 0.390 e. The van der Waals surface area contributed by atoms with E-state index in [1.807, 2.05) is 19.0 Å². The molecule has 102 valence electrons. The highest BCUT2D eigenvalue weighted by Crippen LogP contribution is 2.48. The number of phosphoric acid groups is 1. The van der Waals surface area contributed by atoms with Crippen LogP contribution in [-0.4, -0.2) is 63.4 Å². The summed E-state index contributed by atoms with van der Waals surface area (Å²) < 4.78 is 31.4. The second-order valence-corrected chi connectivity index (χ2v) is 5.89. The Balaban J connectivity index is 2.45. The normalized spacial score (nSPS) is 30.1. The van der Waals surface area contributed by atoms with E-state index in [4.69, 9.17) is 9.26 Å². The first kappa shape index (κ1) is 15.0. The van der Waals surface area contributed by atoms with E-state index in [9.17, 15) is 9.67 Å². The molecule has 0 amide bonds. The highest BCUT2D eigenvalue weighted by Gasteiger charge is 2.37. The Morgan fingerprint density at radius 3 is 2.41 bits per heavy atom. The quantitative estimate of drug-likeness (QED) is 0.701. The Hall–Kier alpha value is -0.0100. The molecule has 0 spiro atoms. The van der Waals surface area contributed by atoms with E-state index in [0.29, 0.717) is 6.42 Å². The predicted molar refractivity (Wildman–Crippen MR) is 60.5 cm³/mol. The molecule has 1 fully saturated rings. The van der Waals surface area contributed by atoms with E-state index in [-0.39, 0.29) is 12.8 Å². The zero-order valence-electron chi connectivity index (χ0n) is 10.5. The fourth-order valence-electron chi connectivity index (χ4n) is 1.53. The number of ether oxygens (including phenoxy) is 1. The van der Waals surface area contributed by atoms with Crippen LogP contribution in [0.2, 0.25) is 0 Å². The van der Waals surface area contributed by atoms with Crippen LogP contribution in [0.1, 0.15) is 6.42 Å². The van der Waals surface area contributed by atoms with Gasteiger partial charge in [-0.15, -0.1) is 0 Å². The molecule has 0 aliphatic carbocycles. The molecule has 0 saturated carbocycles. The van der Waals surface area contributed by atoms with Gasteiger partial charge in [-0.2, -0.15) is 0 Å². The van der Waals surface area contributed by atoms with Gasteiger partial charge in [-0.25, -0.2) is 4.57 Å². The van der Waals surface area contributed by atoms with Crippen LogP contribution in [0.15, 0.2) is 0 Å². The molecule has 0 aromatic heterocycles. The highest BCUT2D eigenvalue weighted by molar-refractivity contribution is 7.48. The van der Waals surface area contributed by atoms with E-state index in [1.165, 1.54) is 14.2 Å². The monoisotopic (exact) mass is 269 g/mol. The van der Waals surface area contributed by atoms with Crippen molar-refractivity contribution in [1.29, 1.82) is 0 Å². The largest absolute Gasteiger partial charge is 0.474 e. The van der Waals surface area contributed by atoms with Crippen molar-refractivity contribution in [2.45, 2.75) is 24.9 Å². The highest BCUT2D eigenvalue weighted by atomic mass is 31.2.